The molecular formula is C19H22O2. The van der Waals surface area contributed by atoms with Crippen molar-refractivity contribution in [1.29, 1.82) is 0 Å². The van der Waals surface area contributed by atoms with Crippen LogP contribution in [0.15, 0.2) is 47.7 Å². The van der Waals surface area contributed by atoms with Crippen LogP contribution in [0.3, 0.4) is 0 Å². The maximum atomic E-state index is 13.1. The Kier molecular flexibility index (Phi) is 3.48. The van der Waals surface area contributed by atoms with Crippen LogP contribution in [0.1, 0.15) is 38.7 Å². The second kappa shape index (κ2) is 5.18. The van der Waals surface area contributed by atoms with E-state index < -0.39 is 5.41 Å². The highest BCUT2D eigenvalue weighted by molar-refractivity contribution is 6.25. The molecule has 0 radical (unpaired) electrons. The molecule has 1 fully saturated rings. The molecule has 0 bridgehead atoms. The molecule has 0 spiro atoms. The molecule has 0 aliphatic heterocycles. The second-order valence-electron chi connectivity index (χ2n) is 6.36. The molecule has 2 nitrogen and oxygen atoms in total. The Morgan fingerprint density at radius 2 is 1.95 bits per heavy atom. The topological polar surface area (TPSA) is 26.3 Å². The van der Waals surface area contributed by atoms with Gasteiger partial charge in [0.2, 0.25) is 0 Å². The van der Waals surface area contributed by atoms with Crippen molar-refractivity contribution in [2.75, 3.05) is 7.11 Å². The molecule has 2 heteroatoms. The quantitative estimate of drug-likeness (QED) is 0.804. The molecule has 1 saturated carbocycles. The molecular weight excluding hydrogens is 260 g/mol. The van der Waals surface area contributed by atoms with E-state index in [4.69, 9.17) is 4.74 Å². The fraction of sp³-hybridized carbons (Fsp3) is 0.421. The van der Waals surface area contributed by atoms with Crippen LogP contribution in [-0.4, -0.2) is 12.9 Å². The Balaban J connectivity index is 2.18. The van der Waals surface area contributed by atoms with Crippen molar-refractivity contribution < 1.29 is 9.53 Å². The number of ether oxygens (including phenoxy) is 1. The maximum absolute atomic E-state index is 13.1. The molecule has 2 aliphatic rings. The predicted octanol–water partition coefficient (Wildman–Crippen LogP) is 4.38. The fourth-order valence-electron chi connectivity index (χ4n) is 3.91. The summed E-state index contributed by atoms with van der Waals surface area (Å²) >= 11 is 0. The van der Waals surface area contributed by atoms with Crippen molar-refractivity contribution in [3.05, 3.63) is 53.3 Å². The average molecular weight is 282 g/mol. The van der Waals surface area contributed by atoms with Crippen LogP contribution in [0.25, 0.3) is 5.57 Å². The van der Waals surface area contributed by atoms with E-state index in [1.165, 1.54) is 5.57 Å². The van der Waals surface area contributed by atoms with E-state index in [1.807, 2.05) is 36.4 Å². The zero-order valence-corrected chi connectivity index (χ0v) is 13.0. The summed E-state index contributed by atoms with van der Waals surface area (Å²) in [4.78, 5) is 13.1. The highest BCUT2D eigenvalue weighted by atomic mass is 16.5. The standard InChI is InChI=1S/C19H22O2/c1-13-8-7-11-19(2)17(13)16(21-3)12-15(18(19)20)14-9-5-4-6-10-14/h4-6,9-10,12-13H,7-8,11H2,1-3H3/t13-,19+/m0/s1. The summed E-state index contributed by atoms with van der Waals surface area (Å²) in [5.41, 5.74) is 2.56. The monoisotopic (exact) mass is 282 g/mol. The lowest BCUT2D eigenvalue weighted by Gasteiger charge is -2.42. The van der Waals surface area contributed by atoms with Crippen molar-refractivity contribution in [2.45, 2.75) is 33.1 Å². The van der Waals surface area contributed by atoms with Crippen molar-refractivity contribution in [2.24, 2.45) is 11.3 Å². The number of hydrogen-bond acceptors (Lipinski definition) is 2. The summed E-state index contributed by atoms with van der Waals surface area (Å²) < 4.78 is 5.65. The molecule has 0 aromatic heterocycles. The van der Waals surface area contributed by atoms with Crippen LogP contribution in [0.2, 0.25) is 0 Å². The van der Waals surface area contributed by atoms with Gasteiger partial charge in [0.15, 0.2) is 5.78 Å². The number of benzene rings is 1. The van der Waals surface area contributed by atoms with Crippen molar-refractivity contribution >= 4 is 11.4 Å². The Bertz CT molecular complexity index is 624. The van der Waals surface area contributed by atoms with Gasteiger partial charge >= 0.3 is 0 Å². The Morgan fingerprint density at radius 1 is 1.24 bits per heavy atom. The summed E-state index contributed by atoms with van der Waals surface area (Å²) in [5, 5.41) is 0. The molecule has 3 rings (SSSR count). The van der Waals surface area contributed by atoms with Gasteiger partial charge in [-0.15, -0.1) is 0 Å². The van der Waals surface area contributed by atoms with Gasteiger partial charge in [-0.3, -0.25) is 4.79 Å². The van der Waals surface area contributed by atoms with E-state index in [1.54, 1.807) is 7.11 Å². The van der Waals surface area contributed by atoms with Gasteiger partial charge in [-0.05, 0) is 42.9 Å². The largest absolute Gasteiger partial charge is 0.497 e. The fourth-order valence-corrected chi connectivity index (χ4v) is 3.91. The highest BCUT2D eigenvalue weighted by Gasteiger charge is 2.47. The van der Waals surface area contributed by atoms with Crippen molar-refractivity contribution in [1.82, 2.24) is 0 Å². The van der Waals surface area contributed by atoms with Gasteiger partial charge in [0.25, 0.3) is 0 Å². The average Bonchev–Trinajstić information content (AvgIpc) is 2.50. The molecule has 0 saturated heterocycles. The third-order valence-electron chi connectivity index (χ3n) is 4.99. The van der Waals surface area contributed by atoms with Gasteiger partial charge in [0.05, 0.1) is 12.5 Å². The summed E-state index contributed by atoms with van der Waals surface area (Å²) in [6, 6.07) is 9.91. The third-order valence-corrected chi connectivity index (χ3v) is 4.99. The van der Waals surface area contributed by atoms with Crippen LogP contribution in [0.4, 0.5) is 0 Å². The van der Waals surface area contributed by atoms with E-state index in [-0.39, 0.29) is 5.78 Å². The summed E-state index contributed by atoms with van der Waals surface area (Å²) in [5.74, 6) is 1.55. The number of fused-ring (bicyclic) bond motifs is 1. The van der Waals surface area contributed by atoms with Gasteiger partial charge in [-0.25, -0.2) is 0 Å². The molecule has 0 N–H and O–H groups in total. The maximum Gasteiger partial charge on any atom is 0.173 e. The van der Waals surface area contributed by atoms with E-state index in [0.717, 1.165) is 36.2 Å². The molecule has 1 aromatic rings. The summed E-state index contributed by atoms with van der Waals surface area (Å²) in [6.07, 6.45) is 5.10. The van der Waals surface area contributed by atoms with Crippen molar-refractivity contribution in [3.63, 3.8) is 0 Å². The van der Waals surface area contributed by atoms with Gasteiger partial charge in [-0.1, -0.05) is 43.7 Å². The first-order valence-electron chi connectivity index (χ1n) is 7.68. The smallest absolute Gasteiger partial charge is 0.173 e. The van der Waals surface area contributed by atoms with E-state index in [0.29, 0.717) is 5.92 Å². The summed E-state index contributed by atoms with van der Waals surface area (Å²) in [7, 11) is 1.71. The number of Topliss-reactive ketones (excluding diaryl/α,β-unsaturated/α-hetero) is 1. The van der Waals surface area contributed by atoms with E-state index in [2.05, 4.69) is 13.8 Å². The molecule has 110 valence electrons. The van der Waals surface area contributed by atoms with Crippen LogP contribution in [0.5, 0.6) is 0 Å². The zero-order valence-electron chi connectivity index (χ0n) is 13.0. The first-order valence-corrected chi connectivity index (χ1v) is 7.68. The van der Waals surface area contributed by atoms with E-state index in [9.17, 15) is 4.79 Å². The lowest BCUT2D eigenvalue weighted by molar-refractivity contribution is -0.121. The molecule has 0 unspecified atom stereocenters. The molecule has 1 aromatic carbocycles. The molecule has 0 heterocycles. The number of carbonyl (C=O) groups is 1. The van der Waals surface area contributed by atoms with Crippen LogP contribution in [-0.2, 0) is 9.53 Å². The SMILES string of the molecule is COC1=C2[C@@H](C)CCC[C@@]2(C)C(=O)C(c2ccccc2)=C1. The van der Waals surface area contributed by atoms with Gasteiger partial charge in [-0.2, -0.15) is 0 Å². The van der Waals surface area contributed by atoms with Gasteiger partial charge in [0.1, 0.15) is 5.76 Å². The number of rotatable bonds is 2. The molecule has 2 aliphatic carbocycles. The minimum atomic E-state index is -0.400. The molecule has 2 atom stereocenters. The number of carbonyl (C=O) groups excluding carboxylic acids is 1. The van der Waals surface area contributed by atoms with Crippen molar-refractivity contribution in [3.8, 4) is 0 Å². The minimum absolute atomic E-state index is 0.246. The first-order chi connectivity index (χ1) is 10.1. The number of ketones is 1. The Morgan fingerprint density at radius 3 is 2.62 bits per heavy atom. The Hall–Kier alpha value is -1.83. The van der Waals surface area contributed by atoms with Crippen LogP contribution in [0, 0.1) is 11.3 Å². The normalized spacial score (nSPS) is 29.0. The lowest BCUT2D eigenvalue weighted by atomic mass is 9.61. The first kappa shape index (κ1) is 14.1. The lowest BCUT2D eigenvalue weighted by Crippen LogP contribution is -2.39. The number of hydrogen-bond donors (Lipinski definition) is 0. The third kappa shape index (κ3) is 2.14. The second-order valence-corrected chi connectivity index (χ2v) is 6.36. The van der Waals surface area contributed by atoms with Crippen LogP contribution < -0.4 is 0 Å². The minimum Gasteiger partial charge on any atom is -0.497 e. The summed E-state index contributed by atoms with van der Waals surface area (Å²) in [6.45, 7) is 4.30. The Labute approximate surface area is 126 Å². The van der Waals surface area contributed by atoms with Gasteiger partial charge in [0, 0.05) is 5.57 Å². The number of methoxy groups -OCH3 is 1. The number of allylic oxidation sites excluding steroid dienone is 3. The highest BCUT2D eigenvalue weighted by Crippen LogP contribution is 2.51. The predicted molar refractivity (Wildman–Crippen MR) is 84.6 cm³/mol. The van der Waals surface area contributed by atoms with E-state index >= 15 is 0 Å². The molecule has 21 heavy (non-hydrogen) atoms. The zero-order chi connectivity index (χ0) is 15.0. The molecule has 0 amide bonds. The van der Waals surface area contributed by atoms with Crippen LogP contribution >= 0.6 is 0 Å². The van der Waals surface area contributed by atoms with Gasteiger partial charge < -0.3 is 4.74 Å².